The molecule has 1 amide bonds. The monoisotopic (exact) mass is 429 g/mol. The predicted molar refractivity (Wildman–Crippen MR) is 124 cm³/mol. The second kappa shape index (κ2) is 9.26. The van der Waals surface area contributed by atoms with Crippen molar-refractivity contribution in [2.45, 2.75) is 6.42 Å². The number of hydrogen-bond donors (Lipinski definition) is 2. The van der Waals surface area contributed by atoms with E-state index in [1.54, 1.807) is 38.5 Å². The Kier molecular flexibility index (Phi) is 6.07. The molecule has 0 atom stereocenters. The van der Waals surface area contributed by atoms with Crippen molar-refractivity contribution < 1.29 is 18.8 Å². The minimum Gasteiger partial charge on any atom is -0.497 e. The summed E-state index contributed by atoms with van der Waals surface area (Å²) in [5.41, 5.74) is 10.1. The van der Waals surface area contributed by atoms with Crippen molar-refractivity contribution >= 4 is 17.3 Å². The molecule has 0 saturated heterocycles. The highest BCUT2D eigenvalue weighted by Crippen LogP contribution is 2.36. The molecule has 0 aliphatic heterocycles. The van der Waals surface area contributed by atoms with Gasteiger partial charge in [0.15, 0.2) is 5.76 Å². The molecule has 0 spiro atoms. The first-order valence-corrected chi connectivity index (χ1v) is 10.00. The summed E-state index contributed by atoms with van der Waals surface area (Å²) in [5, 5.41) is 7.15. The number of rotatable bonds is 7. The standard InChI is InChI=1S/C25H23N3O4/c1-30-20-11-3-16(4-12-20)24-22(15-23(29)27-19-9-7-18(26)8-10-19)32-28-25(24)17-5-13-21(31-2)14-6-17/h3-14H,15,26H2,1-2H3,(H,27,29). The molecule has 4 aromatic rings. The topological polar surface area (TPSA) is 99.6 Å². The van der Waals surface area contributed by atoms with Crippen molar-refractivity contribution in [2.75, 3.05) is 25.3 Å². The number of nitrogens with zero attached hydrogens (tertiary/aromatic N) is 1. The third-order valence-corrected chi connectivity index (χ3v) is 5.02. The number of benzene rings is 3. The number of nitrogen functional groups attached to an aromatic ring is 1. The molecular formula is C25H23N3O4. The smallest absolute Gasteiger partial charge is 0.232 e. The first kappa shape index (κ1) is 21.0. The van der Waals surface area contributed by atoms with E-state index in [2.05, 4.69) is 10.5 Å². The SMILES string of the molecule is COc1ccc(-c2noc(CC(=O)Nc3ccc(N)cc3)c2-c2ccc(OC)cc2)cc1. The summed E-state index contributed by atoms with van der Waals surface area (Å²) in [6.45, 7) is 0. The van der Waals surface area contributed by atoms with Crippen molar-refractivity contribution in [1.82, 2.24) is 5.16 Å². The van der Waals surface area contributed by atoms with Gasteiger partial charge in [-0.05, 0) is 66.2 Å². The summed E-state index contributed by atoms with van der Waals surface area (Å²) in [5.74, 6) is 1.72. The molecule has 32 heavy (non-hydrogen) atoms. The highest BCUT2D eigenvalue weighted by molar-refractivity contribution is 5.94. The van der Waals surface area contributed by atoms with Crippen LogP contribution in [0.2, 0.25) is 0 Å². The van der Waals surface area contributed by atoms with E-state index < -0.39 is 0 Å². The Morgan fingerprint density at radius 3 is 2.00 bits per heavy atom. The number of anilines is 2. The molecule has 0 aliphatic rings. The molecule has 7 heteroatoms. The zero-order valence-electron chi connectivity index (χ0n) is 17.8. The predicted octanol–water partition coefficient (Wildman–Crippen LogP) is 4.79. The second-order valence-electron chi connectivity index (χ2n) is 7.13. The van der Waals surface area contributed by atoms with Gasteiger partial charge in [0.25, 0.3) is 0 Å². The quantitative estimate of drug-likeness (QED) is 0.410. The molecule has 4 rings (SSSR count). The van der Waals surface area contributed by atoms with Gasteiger partial charge in [0.2, 0.25) is 5.91 Å². The summed E-state index contributed by atoms with van der Waals surface area (Å²) in [7, 11) is 3.23. The number of carbonyl (C=O) groups excluding carboxylic acids is 1. The number of hydrogen-bond acceptors (Lipinski definition) is 6. The van der Waals surface area contributed by atoms with Crippen molar-refractivity contribution in [3.8, 4) is 33.9 Å². The van der Waals surface area contributed by atoms with E-state index in [-0.39, 0.29) is 12.3 Å². The van der Waals surface area contributed by atoms with Crippen LogP contribution in [0.3, 0.4) is 0 Å². The Hall–Kier alpha value is -4.26. The van der Waals surface area contributed by atoms with Crippen LogP contribution in [-0.4, -0.2) is 25.3 Å². The summed E-state index contributed by atoms with van der Waals surface area (Å²) < 4.78 is 16.2. The first-order valence-electron chi connectivity index (χ1n) is 10.00. The maximum absolute atomic E-state index is 12.7. The Balaban J connectivity index is 1.68. The molecule has 0 unspecified atom stereocenters. The minimum absolute atomic E-state index is 0.0227. The van der Waals surface area contributed by atoms with Gasteiger partial charge >= 0.3 is 0 Å². The number of amides is 1. The van der Waals surface area contributed by atoms with Crippen molar-refractivity contribution in [3.05, 3.63) is 78.6 Å². The van der Waals surface area contributed by atoms with Gasteiger partial charge in [-0.2, -0.15) is 0 Å². The maximum Gasteiger partial charge on any atom is 0.232 e. The van der Waals surface area contributed by atoms with E-state index in [0.29, 0.717) is 22.8 Å². The molecule has 1 aromatic heterocycles. The Labute approximate surface area is 185 Å². The molecule has 0 fully saturated rings. The van der Waals surface area contributed by atoms with Gasteiger partial charge in [-0.25, -0.2) is 0 Å². The lowest BCUT2D eigenvalue weighted by molar-refractivity contribution is -0.115. The van der Waals surface area contributed by atoms with Crippen molar-refractivity contribution in [2.24, 2.45) is 0 Å². The van der Waals surface area contributed by atoms with E-state index in [0.717, 1.165) is 28.2 Å². The molecule has 1 heterocycles. The summed E-state index contributed by atoms with van der Waals surface area (Å²) in [6.07, 6.45) is 0.0227. The molecule has 162 valence electrons. The zero-order chi connectivity index (χ0) is 22.5. The van der Waals surface area contributed by atoms with Crippen molar-refractivity contribution in [1.29, 1.82) is 0 Å². The van der Waals surface area contributed by atoms with Crippen LogP contribution in [-0.2, 0) is 11.2 Å². The van der Waals surface area contributed by atoms with Gasteiger partial charge in [-0.1, -0.05) is 17.3 Å². The van der Waals surface area contributed by atoms with Gasteiger partial charge in [0.1, 0.15) is 17.2 Å². The lowest BCUT2D eigenvalue weighted by Gasteiger charge is -2.08. The Morgan fingerprint density at radius 2 is 1.44 bits per heavy atom. The molecule has 3 N–H and O–H groups in total. The fourth-order valence-electron chi connectivity index (χ4n) is 3.36. The van der Waals surface area contributed by atoms with Crippen LogP contribution >= 0.6 is 0 Å². The van der Waals surface area contributed by atoms with E-state index in [4.69, 9.17) is 19.7 Å². The van der Waals surface area contributed by atoms with Crippen LogP contribution in [0.15, 0.2) is 77.3 Å². The number of carbonyl (C=O) groups is 1. The molecule has 0 radical (unpaired) electrons. The minimum atomic E-state index is -0.220. The number of ether oxygens (including phenoxy) is 2. The lowest BCUT2D eigenvalue weighted by atomic mass is 9.97. The normalized spacial score (nSPS) is 10.6. The average molecular weight is 429 g/mol. The highest BCUT2D eigenvalue weighted by Gasteiger charge is 2.22. The van der Waals surface area contributed by atoms with Gasteiger partial charge in [0, 0.05) is 16.9 Å². The van der Waals surface area contributed by atoms with E-state index in [1.807, 2.05) is 48.5 Å². The Bertz CT molecular complexity index is 1200. The van der Waals surface area contributed by atoms with Crippen LogP contribution < -0.4 is 20.5 Å². The first-order chi connectivity index (χ1) is 15.6. The summed E-state index contributed by atoms with van der Waals surface area (Å²) >= 11 is 0. The van der Waals surface area contributed by atoms with Gasteiger partial charge in [0.05, 0.1) is 26.2 Å². The number of aromatic nitrogens is 1. The number of nitrogens with two attached hydrogens (primary N) is 1. The van der Waals surface area contributed by atoms with E-state index >= 15 is 0 Å². The highest BCUT2D eigenvalue weighted by atomic mass is 16.5. The van der Waals surface area contributed by atoms with Gasteiger partial charge in [-0.15, -0.1) is 0 Å². The molecule has 7 nitrogen and oxygen atoms in total. The van der Waals surface area contributed by atoms with Crippen LogP contribution in [0, 0.1) is 0 Å². The fourth-order valence-corrected chi connectivity index (χ4v) is 3.36. The average Bonchev–Trinajstić information content (AvgIpc) is 3.24. The van der Waals surface area contributed by atoms with E-state index in [1.165, 1.54) is 0 Å². The van der Waals surface area contributed by atoms with Crippen LogP contribution in [0.5, 0.6) is 11.5 Å². The molecule has 0 bridgehead atoms. The number of methoxy groups -OCH3 is 2. The largest absolute Gasteiger partial charge is 0.497 e. The molecule has 0 aliphatic carbocycles. The zero-order valence-corrected chi connectivity index (χ0v) is 17.8. The summed E-state index contributed by atoms with van der Waals surface area (Å²) in [6, 6.07) is 22.0. The van der Waals surface area contributed by atoms with Crippen LogP contribution in [0.4, 0.5) is 11.4 Å². The summed E-state index contributed by atoms with van der Waals surface area (Å²) in [4.78, 5) is 12.7. The fraction of sp³-hybridized carbons (Fsp3) is 0.120. The van der Waals surface area contributed by atoms with Gasteiger partial charge in [-0.3, -0.25) is 4.79 Å². The Morgan fingerprint density at radius 1 is 0.875 bits per heavy atom. The van der Waals surface area contributed by atoms with Crippen LogP contribution in [0.1, 0.15) is 5.76 Å². The van der Waals surface area contributed by atoms with Gasteiger partial charge < -0.3 is 25.0 Å². The third-order valence-electron chi connectivity index (χ3n) is 5.02. The molecular weight excluding hydrogens is 406 g/mol. The second-order valence-corrected chi connectivity index (χ2v) is 7.13. The molecule has 0 saturated carbocycles. The third kappa shape index (κ3) is 4.57. The van der Waals surface area contributed by atoms with Crippen molar-refractivity contribution in [3.63, 3.8) is 0 Å². The van der Waals surface area contributed by atoms with Crippen LogP contribution in [0.25, 0.3) is 22.4 Å². The maximum atomic E-state index is 12.7. The molecule has 3 aromatic carbocycles. The van der Waals surface area contributed by atoms with E-state index in [9.17, 15) is 4.79 Å². The lowest BCUT2D eigenvalue weighted by Crippen LogP contribution is -2.14. The number of nitrogens with one attached hydrogen (secondary N) is 1.